The highest BCUT2D eigenvalue weighted by atomic mass is 15.1. The van der Waals surface area contributed by atoms with Gasteiger partial charge in [0.15, 0.2) is 0 Å². The van der Waals surface area contributed by atoms with Gasteiger partial charge >= 0.3 is 0 Å². The molecule has 0 atom stereocenters. The van der Waals surface area contributed by atoms with Crippen LogP contribution in [0.1, 0.15) is 44.1 Å². The van der Waals surface area contributed by atoms with Gasteiger partial charge in [-0.3, -0.25) is 0 Å². The van der Waals surface area contributed by atoms with Gasteiger partial charge in [-0.25, -0.2) is 0 Å². The highest BCUT2D eigenvalue weighted by Crippen LogP contribution is 2.61. The monoisotopic (exact) mass is 746 g/mol. The van der Waals surface area contributed by atoms with Crippen molar-refractivity contribution in [2.24, 2.45) is 17.8 Å². The summed E-state index contributed by atoms with van der Waals surface area (Å²) in [6.45, 7) is 0. The number of rotatable bonds is 7. The second kappa shape index (κ2) is 13.4. The summed E-state index contributed by atoms with van der Waals surface area (Å²) in [5.74, 6) is 2.78. The van der Waals surface area contributed by atoms with Gasteiger partial charge in [-0.15, -0.1) is 0 Å². The molecule has 0 spiro atoms. The van der Waals surface area contributed by atoms with Gasteiger partial charge < -0.3 is 9.47 Å². The summed E-state index contributed by atoms with van der Waals surface area (Å²) in [4.78, 5) is 2.47. The number of nitrogens with zero attached hydrogens (tertiary/aromatic N) is 2. The first-order chi connectivity index (χ1) is 28.7. The number of anilines is 3. The molecule has 2 nitrogen and oxygen atoms in total. The first-order valence-electron chi connectivity index (χ1n) is 21.3. The summed E-state index contributed by atoms with van der Waals surface area (Å²) in [5.41, 5.74) is 14.0. The summed E-state index contributed by atoms with van der Waals surface area (Å²) in [6.07, 6.45) is 8.54. The topological polar surface area (TPSA) is 8.17 Å². The largest absolute Gasteiger partial charge is 0.310 e. The van der Waals surface area contributed by atoms with Gasteiger partial charge in [0.25, 0.3) is 0 Å². The van der Waals surface area contributed by atoms with Crippen molar-refractivity contribution >= 4 is 49.6 Å². The third-order valence-electron chi connectivity index (χ3n) is 14.1. The second-order valence-electron chi connectivity index (χ2n) is 17.6. The molecule has 0 N–H and O–H groups in total. The molecular formula is C56H46N2. The normalized spacial score (nSPS) is 20.9. The number of hydrogen-bond donors (Lipinski definition) is 0. The van der Waals surface area contributed by atoms with E-state index in [9.17, 15) is 0 Å². The van der Waals surface area contributed by atoms with Crippen LogP contribution < -0.4 is 4.90 Å². The Kier molecular flexibility index (Phi) is 7.76. The maximum Gasteiger partial charge on any atom is 0.0561 e. The minimum absolute atomic E-state index is 0.367. The lowest BCUT2D eigenvalue weighted by atomic mass is 9.48. The molecule has 0 amide bonds. The Bertz CT molecular complexity index is 2920. The van der Waals surface area contributed by atoms with E-state index in [4.69, 9.17) is 0 Å². The van der Waals surface area contributed by atoms with Crippen molar-refractivity contribution in [2.45, 2.75) is 43.9 Å². The minimum Gasteiger partial charge on any atom is -0.310 e. The van der Waals surface area contributed by atoms with E-state index in [1.165, 1.54) is 105 Å². The fourth-order valence-corrected chi connectivity index (χ4v) is 12.1. The lowest BCUT2D eigenvalue weighted by Crippen LogP contribution is -2.48. The molecule has 4 bridgehead atoms. The number of aromatic nitrogens is 1. The predicted octanol–water partition coefficient (Wildman–Crippen LogP) is 15.2. The van der Waals surface area contributed by atoms with Gasteiger partial charge in [0.2, 0.25) is 0 Å². The van der Waals surface area contributed by atoms with Crippen LogP contribution in [0.3, 0.4) is 0 Å². The molecule has 4 aliphatic carbocycles. The predicted molar refractivity (Wildman–Crippen MR) is 244 cm³/mol. The zero-order valence-corrected chi connectivity index (χ0v) is 32.8. The molecule has 0 radical (unpaired) electrons. The van der Waals surface area contributed by atoms with E-state index in [2.05, 4.69) is 198 Å². The van der Waals surface area contributed by atoms with Crippen LogP contribution in [0.2, 0.25) is 0 Å². The fraction of sp³-hybridized carbons (Fsp3) is 0.179. The zero-order chi connectivity index (χ0) is 38.2. The van der Waals surface area contributed by atoms with Crippen molar-refractivity contribution in [3.8, 4) is 27.9 Å². The Morgan fingerprint density at radius 2 is 0.966 bits per heavy atom. The van der Waals surface area contributed by atoms with Crippen LogP contribution in [0.5, 0.6) is 0 Å². The van der Waals surface area contributed by atoms with Gasteiger partial charge in [0.05, 0.1) is 11.0 Å². The third-order valence-corrected chi connectivity index (χ3v) is 14.1. The van der Waals surface area contributed by atoms with Crippen LogP contribution in [0.4, 0.5) is 17.1 Å². The first-order valence-corrected chi connectivity index (χ1v) is 21.3. The maximum absolute atomic E-state index is 2.49. The van der Waals surface area contributed by atoms with Crippen LogP contribution in [0.15, 0.2) is 188 Å². The molecule has 2 heteroatoms. The summed E-state index contributed by atoms with van der Waals surface area (Å²) in [7, 11) is 0. The third kappa shape index (κ3) is 5.46. The standard InChI is InChI=1S/C56H46N2/c1-3-11-41(12-4-1)49-18-9-13-43-14-10-19-50(55(43)49)42-21-25-46(26-22-42)57(47-27-23-44(24-28-47)56-35-38-31-39(36-56)33-40(32-38)37-56)48-29-30-52-51-17-7-8-20-53(51)58(54(52)34-48)45-15-5-2-6-16-45/h1-30,34,38-40H,31-33,35-37H2. The number of para-hydroxylation sites is 2. The van der Waals surface area contributed by atoms with Crippen molar-refractivity contribution in [3.05, 3.63) is 194 Å². The molecule has 0 unspecified atom stereocenters. The van der Waals surface area contributed by atoms with Gasteiger partial charge in [-0.05, 0) is 155 Å². The summed E-state index contributed by atoms with van der Waals surface area (Å²) in [5, 5.41) is 5.08. The minimum atomic E-state index is 0.367. The van der Waals surface area contributed by atoms with E-state index >= 15 is 0 Å². The van der Waals surface area contributed by atoms with Crippen molar-refractivity contribution < 1.29 is 0 Å². The first kappa shape index (κ1) is 33.7. The van der Waals surface area contributed by atoms with Gasteiger partial charge in [-0.2, -0.15) is 0 Å². The number of fused-ring (bicyclic) bond motifs is 4. The van der Waals surface area contributed by atoms with Crippen LogP contribution in [0, 0.1) is 17.8 Å². The Hall–Kier alpha value is -6.38. The quantitative estimate of drug-likeness (QED) is 0.158. The fourth-order valence-electron chi connectivity index (χ4n) is 12.1. The second-order valence-corrected chi connectivity index (χ2v) is 17.6. The average molecular weight is 747 g/mol. The molecule has 13 rings (SSSR count). The lowest BCUT2D eigenvalue weighted by molar-refractivity contribution is -0.00518. The Morgan fingerprint density at radius 3 is 1.62 bits per heavy atom. The van der Waals surface area contributed by atoms with Crippen molar-refractivity contribution in [2.75, 3.05) is 4.90 Å². The number of hydrogen-bond acceptors (Lipinski definition) is 1. The lowest BCUT2D eigenvalue weighted by Gasteiger charge is -2.57. The smallest absolute Gasteiger partial charge is 0.0561 e. The molecular weight excluding hydrogens is 701 g/mol. The zero-order valence-electron chi connectivity index (χ0n) is 32.8. The van der Waals surface area contributed by atoms with Gasteiger partial charge in [-0.1, -0.05) is 133 Å². The van der Waals surface area contributed by atoms with Crippen molar-refractivity contribution in [3.63, 3.8) is 0 Å². The highest BCUT2D eigenvalue weighted by molar-refractivity contribution is 6.10. The molecule has 0 aliphatic heterocycles. The molecule has 4 saturated carbocycles. The average Bonchev–Trinajstić information content (AvgIpc) is 3.60. The number of benzene rings is 8. The maximum atomic E-state index is 2.49. The summed E-state index contributed by atoms with van der Waals surface area (Å²) >= 11 is 0. The Labute approximate surface area is 341 Å². The summed E-state index contributed by atoms with van der Waals surface area (Å²) in [6, 6.07) is 69.9. The van der Waals surface area contributed by atoms with E-state index in [1.807, 2.05) is 0 Å². The van der Waals surface area contributed by atoms with E-state index in [1.54, 1.807) is 5.56 Å². The van der Waals surface area contributed by atoms with Crippen molar-refractivity contribution in [1.82, 2.24) is 4.57 Å². The van der Waals surface area contributed by atoms with Crippen LogP contribution in [0.25, 0.3) is 60.5 Å². The van der Waals surface area contributed by atoms with Crippen LogP contribution in [-0.2, 0) is 5.41 Å². The SMILES string of the molecule is c1ccc(-c2cccc3cccc(-c4ccc(N(c5ccc(C67CC8CC(CC(C8)C6)C7)cc5)c5ccc6c7ccccc7n(-c7ccccc7)c6c5)cc4)c23)cc1. The van der Waals surface area contributed by atoms with Crippen LogP contribution in [-0.4, -0.2) is 4.57 Å². The molecule has 9 aromatic rings. The molecule has 4 aliphatic rings. The van der Waals surface area contributed by atoms with Gasteiger partial charge in [0, 0.05) is 33.5 Å². The molecule has 8 aromatic carbocycles. The van der Waals surface area contributed by atoms with Gasteiger partial charge in [0.1, 0.15) is 0 Å². The molecule has 0 saturated heterocycles. The van der Waals surface area contributed by atoms with E-state index in [0.29, 0.717) is 5.41 Å². The Balaban J connectivity index is 1.00. The Morgan fingerprint density at radius 1 is 0.431 bits per heavy atom. The molecule has 1 aromatic heterocycles. The summed E-state index contributed by atoms with van der Waals surface area (Å²) < 4.78 is 2.43. The molecule has 280 valence electrons. The van der Waals surface area contributed by atoms with Crippen LogP contribution >= 0.6 is 0 Å². The van der Waals surface area contributed by atoms with E-state index in [-0.39, 0.29) is 0 Å². The molecule has 4 fully saturated rings. The van der Waals surface area contributed by atoms with E-state index in [0.717, 1.165) is 29.1 Å². The molecule has 1 heterocycles. The molecule has 58 heavy (non-hydrogen) atoms. The highest BCUT2D eigenvalue weighted by Gasteiger charge is 2.51. The van der Waals surface area contributed by atoms with E-state index < -0.39 is 0 Å². The van der Waals surface area contributed by atoms with Crippen molar-refractivity contribution in [1.29, 1.82) is 0 Å².